The lowest BCUT2D eigenvalue weighted by molar-refractivity contribution is -0.146. The molecule has 9 atom stereocenters. The van der Waals surface area contributed by atoms with Crippen molar-refractivity contribution in [2.24, 2.45) is 40.9 Å². The Balaban J connectivity index is 1.44. The van der Waals surface area contributed by atoms with Crippen LogP contribution in [0.5, 0.6) is 0 Å². The number of carbonyl (C=O) groups is 4. The van der Waals surface area contributed by atoms with Crippen LogP contribution in [-0.2, 0) is 28.7 Å². The minimum atomic E-state index is -1.04. The Morgan fingerprint density at radius 2 is 1.42 bits per heavy atom. The molecule has 7 aliphatic rings. The number of Topliss-reactive ketones (excluding diaryl/α,β-unsaturated/α-hetero) is 2. The zero-order chi connectivity index (χ0) is 25.3. The van der Waals surface area contributed by atoms with Crippen molar-refractivity contribution in [3.05, 3.63) is 59.8 Å². The van der Waals surface area contributed by atoms with E-state index in [-0.39, 0.29) is 41.2 Å². The molecule has 2 heterocycles. The van der Waals surface area contributed by atoms with E-state index in [0.717, 1.165) is 30.4 Å². The Bertz CT molecular complexity index is 1280. The summed E-state index contributed by atoms with van der Waals surface area (Å²) in [6.07, 6.45) is 3.64. The largest absolute Gasteiger partial charge is 0.458 e. The van der Waals surface area contributed by atoms with Crippen LogP contribution >= 0.6 is 0 Å². The average Bonchev–Trinajstić information content (AvgIpc) is 3.41. The number of allylic oxidation sites excluding steroid dienone is 2. The van der Waals surface area contributed by atoms with Crippen LogP contribution in [0.4, 0.5) is 0 Å². The van der Waals surface area contributed by atoms with Gasteiger partial charge in [0, 0.05) is 52.4 Å². The van der Waals surface area contributed by atoms with Crippen molar-refractivity contribution in [3.63, 3.8) is 0 Å². The molecule has 2 aliphatic heterocycles. The van der Waals surface area contributed by atoms with Crippen molar-refractivity contribution in [1.29, 1.82) is 0 Å². The van der Waals surface area contributed by atoms with Crippen LogP contribution in [-0.4, -0.2) is 35.7 Å². The highest BCUT2D eigenvalue weighted by molar-refractivity contribution is 6.17. The number of hydrogen-bond acceptors (Lipinski definition) is 6. The summed E-state index contributed by atoms with van der Waals surface area (Å²) in [6.45, 7) is 16.5. The fourth-order valence-electron chi connectivity index (χ4n) is 9.08. The summed E-state index contributed by atoms with van der Waals surface area (Å²) in [5, 5.41) is 0. The molecule has 0 aromatic heterocycles. The molecule has 1 spiro atoms. The van der Waals surface area contributed by atoms with Gasteiger partial charge in [-0.25, -0.2) is 9.59 Å². The molecular formula is C30H30O6. The second kappa shape index (κ2) is 7.05. The number of carbonyl (C=O) groups excluding carboxylic acids is 4. The third kappa shape index (κ3) is 2.43. The second-order valence-corrected chi connectivity index (χ2v) is 11.9. The maximum atomic E-state index is 14.1. The van der Waals surface area contributed by atoms with Gasteiger partial charge in [-0.1, -0.05) is 31.9 Å². The highest BCUT2D eigenvalue weighted by Gasteiger charge is 2.69. The molecule has 36 heavy (non-hydrogen) atoms. The summed E-state index contributed by atoms with van der Waals surface area (Å²) in [6, 6.07) is 0. The van der Waals surface area contributed by atoms with Gasteiger partial charge < -0.3 is 9.47 Å². The minimum absolute atomic E-state index is 0.0456. The second-order valence-electron chi connectivity index (χ2n) is 11.9. The van der Waals surface area contributed by atoms with Crippen molar-refractivity contribution in [2.45, 2.75) is 57.2 Å². The lowest BCUT2D eigenvalue weighted by Crippen LogP contribution is -2.47. The molecule has 0 aromatic rings. The Labute approximate surface area is 210 Å². The van der Waals surface area contributed by atoms with Crippen molar-refractivity contribution in [2.75, 3.05) is 0 Å². The number of rotatable bonds is 0. The van der Waals surface area contributed by atoms with E-state index in [1.165, 1.54) is 0 Å². The summed E-state index contributed by atoms with van der Waals surface area (Å²) in [4.78, 5) is 53.3. The first-order valence-electron chi connectivity index (χ1n) is 13.1. The topological polar surface area (TPSA) is 86.7 Å². The third-order valence-electron chi connectivity index (χ3n) is 10.7. The van der Waals surface area contributed by atoms with Crippen molar-refractivity contribution < 1.29 is 28.7 Å². The van der Waals surface area contributed by atoms with Crippen molar-refractivity contribution >= 4 is 23.5 Å². The molecule has 7 rings (SSSR count). The first-order chi connectivity index (χ1) is 17.2. The predicted molar refractivity (Wildman–Crippen MR) is 129 cm³/mol. The van der Waals surface area contributed by atoms with Gasteiger partial charge in [-0.05, 0) is 55.9 Å². The van der Waals surface area contributed by atoms with Crippen LogP contribution in [0.2, 0.25) is 0 Å². The number of hydrogen-bond donors (Lipinski definition) is 0. The number of fused-ring (bicyclic) bond motifs is 7. The number of ether oxygens (including phenoxy) is 2. The first-order valence-corrected chi connectivity index (χ1v) is 13.1. The van der Waals surface area contributed by atoms with Crippen LogP contribution < -0.4 is 0 Å². The molecule has 0 unspecified atom stereocenters. The Morgan fingerprint density at radius 3 is 2.14 bits per heavy atom. The summed E-state index contributed by atoms with van der Waals surface area (Å²) in [5.74, 6) is -2.02. The Kier molecular flexibility index (Phi) is 4.35. The van der Waals surface area contributed by atoms with Gasteiger partial charge in [0.15, 0.2) is 5.78 Å². The number of ketones is 2. The lowest BCUT2D eigenvalue weighted by atomic mass is 9.57. The summed E-state index contributed by atoms with van der Waals surface area (Å²) in [7, 11) is 0. The van der Waals surface area contributed by atoms with E-state index in [2.05, 4.69) is 26.3 Å². The molecule has 6 nitrogen and oxygen atoms in total. The van der Waals surface area contributed by atoms with E-state index in [1.807, 2.05) is 0 Å². The molecule has 186 valence electrons. The van der Waals surface area contributed by atoms with Gasteiger partial charge >= 0.3 is 11.9 Å². The van der Waals surface area contributed by atoms with E-state index >= 15 is 0 Å². The quantitative estimate of drug-likeness (QED) is 0.293. The molecule has 5 aliphatic carbocycles. The maximum absolute atomic E-state index is 14.1. The Morgan fingerprint density at radius 1 is 0.750 bits per heavy atom. The monoisotopic (exact) mass is 486 g/mol. The molecule has 0 amide bonds. The zero-order valence-corrected chi connectivity index (χ0v) is 20.3. The van der Waals surface area contributed by atoms with Gasteiger partial charge in [0.1, 0.15) is 18.0 Å². The van der Waals surface area contributed by atoms with Gasteiger partial charge in [0.2, 0.25) is 0 Å². The third-order valence-corrected chi connectivity index (χ3v) is 10.7. The maximum Gasteiger partial charge on any atom is 0.334 e. The van der Waals surface area contributed by atoms with E-state index in [9.17, 15) is 19.2 Å². The van der Waals surface area contributed by atoms with E-state index in [4.69, 9.17) is 9.47 Å². The van der Waals surface area contributed by atoms with Crippen LogP contribution in [0.3, 0.4) is 0 Å². The van der Waals surface area contributed by atoms with Gasteiger partial charge in [-0.3, -0.25) is 9.59 Å². The first kappa shape index (κ1) is 22.2. The zero-order valence-electron chi connectivity index (χ0n) is 20.3. The fraction of sp³-hybridized carbons (Fsp3) is 0.533. The van der Waals surface area contributed by atoms with Crippen LogP contribution in [0.15, 0.2) is 59.8 Å². The van der Waals surface area contributed by atoms with Gasteiger partial charge in [-0.15, -0.1) is 0 Å². The Hall–Kier alpha value is -3.02. The molecule has 0 bridgehead atoms. The molecule has 6 heteroatoms. The average molecular weight is 487 g/mol. The SMILES string of the molecule is C=C1C(=O)C2=C3[C@H](CC[C@H]4C(=C)C(=O)O[C@@H]4[C@H]13)CC[C@]21C(=O)C[C@@H]2C(=C)CC[C@H]3C(=C)C(=O)O[C@@H]3[C@H]21. The number of esters is 2. The lowest BCUT2D eigenvalue weighted by Gasteiger charge is -2.44. The summed E-state index contributed by atoms with van der Waals surface area (Å²) in [5.41, 5.74) is 2.84. The molecular weight excluding hydrogens is 456 g/mol. The minimum Gasteiger partial charge on any atom is -0.458 e. The molecule has 0 N–H and O–H groups in total. The van der Waals surface area contributed by atoms with Crippen LogP contribution in [0, 0.1) is 40.9 Å². The molecule has 5 fully saturated rings. The van der Waals surface area contributed by atoms with E-state index < -0.39 is 35.5 Å². The van der Waals surface area contributed by atoms with Gasteiger partial charge in [0.25, 0.3) is 0 Å². The standard InChI is InChI=1S/C30H30O6/c1-12-5-7-18-14(3)29(34)36-27(18)23-19(12)11-20(31)30(23)10-9-16-6-8-17-13(2)28(33)35-26(17)21-15(4)25(32)24(30)22(16)21/h16-19,21,23,26-27H,1-11H2/t16-,17+,18+,19-,21-,23+,26+,27+,30-/m1/s1. The van der Waals surface area contributed by atoms with Crippen LogP contribution in [0.1, 0.15) is 44.9 Å². The van der Waals surface area contributed by atoms with Crippen LogP contribution in [0.25, 0.3) is 0 Å². The summed E-state index contributed by atoms with van der Waals surface area (Å²) < 4.78 is 11.8. The van der Waals surface area contributed by atoms with Gasteiger partial charge in [0.05, 0.1) is 5.41 Å². The van der Waals surface area contributed by atoms with Crippen molar-refractivity contribution in [1.82, 2.24) is 0 Å². The predicted octanol–water partition coefficient (Wildman–Crippen LogP) is 3.98. The molecule has 2 saturated heterocycles. The molecule has 3 saturated carbocycles. The highest BCUT2D eigenvalue weighted by atomic mass is 16.6. The normalized spacial score (nSPS) is 45.3. The summed E-state index contributed by atoms with van der Waals surface area (Å²) >= 11 is 0. The fourth-order valence-corrected chi connectivity index (χ4v) is 9.08. The van der Waals surface area contributed by atoms with Gasteiger partial charge in [-0.2, -0.15) is 0 Å². The van der Waals surface area contributed by atoms with E-state index in [0.29, 0.717) is 48.0 Å². The van der Waals surface area contributed by atoms with E-state index in [1.54, 1.807) is 0 Å². The smallest absolute Gasteiger partial charge is 0.334 e. The molecule has 0 aromatic carbocycles. The highest BCUT2D eigenvalue weighted by Crippen LogP contribution is 2.67. The van der Waals surface area contributed by atoms with Crippen molar-refractivity contribution in [3.8, 4) is 0 Å². The molecule has 0 radical (unpaired) electrons.